The number of para-hydroxylation sites is 1. The Labute approximate surface area is 165 Å². The molecule has 2 aliphatic rings. The minimum absolute atomic E-state index is 0.0432. The molecule has 0 bridgehead atoms. The summed E-state index contributed by atoms with van der Waals surface area (Å²) < 4.78 is 5.16. The van der Waals surface area contributed by atoms with Crippen LogP contribution in [0.2, 0.25) is 0 Å². The van der Waals surface area contributed by atoms with Crippen molar-refractivity contribution in [3.05, 3.63) is 66.7 Å². The second kappa shape index (κ2) is 7.89. The number of hydrogen-bond donors (Lipinski definition) is 1. The number of carbonyl (C=O) groups excluding carboxylic acids is 2. The summed E-state index contributed by atoms with van der Waals surface area (Å²) in [4.78, 5) is 28.2. The van der Waals surface area contributed by atoms with E-state index in [1.807, 2.05) is 65.6 Å². The fourth-order valence-corrected chi connectivity index (χ4v) is 4.21. The number of carbonyl (C=O) groups is 2. The number of rotatable bonds is 4. The third-order valence-corrected chi connectivity index (χ3v) is 5.67. The van der Waals surface area contributed by atoms with Crippen LogP contribution in [0.5, 0.6) is 5.75 Å². The van der Waals surface area contributed by atoms with Crippen molar-refractivity contribution >= 4 is 23.2 Å². The first kappa shape index (κ1) is 18.3. The van der Waals surface area contributed by atoms with Gasteiger partial charge in [0.05, 0.1) is 18.9 Å². The number of piperidine rings is 1. The fourth-order valence-electron chi connectivity index (χ4n) is 4.21. The van der Waals surface area contributed by atoms with E-state index in [1.54, 1.807) is 7.11 Å². The predicted molar refractivity (Wildman–Crippen MR) is 109 cm³/mol. The van der Waals surface area contributed by atoms with Crippen molar-refractivity contribution in [2.75, 3.05) is 23.9 Å². The number of hydrogen-bond acceptors (Lipinski definition) is 3. The lowest BCUT2D eigenvalue weighted by Crippen LogP contribution is -2.51. The lowest BCUT2D eigenvalue weighted by Gasteiger charge is -2.41. The zero-order chi connectivity index (χ0) is 19.5. The van der Waals surface area contributed by atoms with Crippen molar-refractivity contribution in [3.63, 3.8) is 0 Å². The number of nitrogens with one attached hydrogen (secondary N) is 1. The van der Waals surface area contributed by atoms with Crippen molar-refractivity contribution in [1.82, 2.24) is 0 Å². The van der Waals surface area contributed by atoms with E-state index in [2.05, 4.69) is 11.4 Å². The SMILES string of the molecule is COc1ccc(NC(=O)C2CC=CC3CCN(c4ccccc4)C(=O)C32)cc1. The summed E-state index contributed by atoms with van der Waals surface area (Å²) in [6.07, 6.45) is 5.61. The molecule has 2 amide bonds. The average Bonchev–Trinajstić information content (AvgIpc) is 2.75. The molecule has 0 spiro atoms. The van der Waals surface area contributed by atoms with E-state index in [4.69, 9.17) is 4.74 Å². The van der Waals surface area contributed by atoms with Crippen molar-refractivity contribution in [1.29, 1.82) is 0 Å². The van der Waals surface area contributed by atoms with E-state index in [0.717, 1.165) is 17.9 Å². The number of anilines is 2. The Morgan fingerprint density at radius 3 is 2.57 bits per heavy atom. The summed E-state index contributed by atoms with van der Waals surface area (Å²) in [5.41, 5.74) is 1.61. The molecule has 1 aliphatic heterocycles. The first-order valence-corrected chi connectivity index (χ1v) is 9.65. The Kier molecular flexibility index (Phi) is 5.15. The summed E-state index contributed by atoms with van der Waals surface area (Å²) in [6.45, 7) is 0.682. The minimum Gasteiger partial charge on any atom is -0.497 e. The molecule has 1 N–H and O–H groups in total. The zero-order valence-corrected chi connectivity index (χ0v) is 15.9. The number of fused-ring (bicyclic) bond motifs is 1. The van der Waals surface area contributed by atoms with Gasteiger partial charge >= 0.3 is 0 Å². The molecule has 2 aromatic rings. The Hall–Kier alpha value is -3.08. The molecule has 1 heterocycles. The van der Waals surface area contributed by atoms with E-state index in [-0.39, 0.29) is 29.6 Å². The molecule has 5 heteroatoms. The number of nitrogens with zero attached hydrogens (tertiary/aromatic N) is 1. The normalized spacial score (nSPS) is 23.8. The van der Waals surface area contributed by atoms with Crippen molar-refractivity contribution in [3.8, 4) is 5.75 Å². The number of methoxy groups -OCH3 is 1. The zero-order valence-electron chi connectivity index (χ0n) is 15.9. The lowest BCUT2D eigenvalue weighted by atomic mass is 9.71. The fraction of sp³-hybridized carbons (Fsp3) is 0.304. The monoisotopic (exact) mass is 376 g/mol. The van der Waals surface area contributed by atoms with E-state index < -0.39 is 0 Å². The van der Waals surface area contributed by atoms with Crippen LogP contribution in [0.4, 0.5) is 11.4 Å². The van der Waals surface area contributed by atoms with Crippen LogP contribution in [0.3, 0.4) is 0 Å². The Morgan fingerprint density at radius 2 is 1.86 bits per heavy atom. The molecule has 3 atom stereocenters. The highest BCUT2D eigenvalue weighted by molar-refractivity contribution is 6.02. The van der Waals surface area contributed by atoms with Crippen molar-refractivity contribution < 1.29 is 14.3 Å². The number of amides is 2. The second-order valence-electron chi connectivity index (χ2n) is 7.29. The van der Waals surface area contributed by atoms with Gasteiger partial charge in [0.15, 0.2) is 0 Å². The van der Waals surface area contributed by atoms with Gasteiger partial charge in [-0.05, 0) is 55.2 Å². The second-order valence-corrected chi connectivity index (χ2v) is 7.29. The van der Waals surface area contributed by atoms with Gasteiger partial charge < -0.3 is 15.0 Å². The molecule has 1 saturated heterocycles. The van der Waals surface area contributed by atoms with E-state index >= 15 is 0 Å². The van der Waals surface area contributed by atoms with Crippen LogP contribution in [0.25, 0.3) is 0 Å². The number of ether oxygens (including phenoxy) is 1. The molecule has 0 aromatic heterocycles. The van der Waals surface area contributed by atoms with Crippen LogP contribution >= 0.6 is 0 Å². The van der Waals surface area contributed by atoms with E-state index in [0.29, 0.717) is 18.7 Å². The molecule has 3 unspecified atom stereocenters. The minimum atomic E-state index is -0.365. The molecule has 0 radical (unpaired) electrons. The molecule has 1 aliphatic carbocycles. The maximum Gasteiger partial charge on any atom is 0.231 e. The topological polar surface area (TPSA) is 58.6 Å². The van der Waals surface area contributed by atoms with Crippen LogP contribution in [-0.4, -0.2) is 25.5 Å². The van der Waals surface area contributed by atoms with Crippen LogP contribution in [0, 0.1) is 17.8 Å². The third kappa shape index (κ3) is 3.52. The molecule has 0 saturated carbocycles. The van der Waals surface area contributed by atoms with Gasteiger partial charge in [0.25, 0.3) is 0 Å². The molecule has 1 fully saturated rings. The Bertz CT molecular complexity index is 876. The smallest absolute Gasteiger partial charge is 0.231 e. The van der Waals surface area contributed by atoms with Gasteiger partial charge in [-0.2, -0.15) is 0 Å². The summed E-state index contributed by atoms with van der Waals surface area (Å²) >= 11 is 0. The van der Waals surface area contributed by atoms with E-state index in [9.17, 15) is 9.59 Å². The summed E-state index contributed by atoms with van der Waals surface area (Å²) in [5, 5.41) is 2.97. The van der Waals surface area contributed by atoms with Crippen molar-refractivity contribution in [2.45, 2.75) is 12.8 Å². The van der Waals surface area contributed by atoms with Crippen LogP contribution in [0.15, 0.2) is 66.7 Å². The van der Waals surface area contributed by atoms with Crippen LogP contribution in [-0.2, 0) is 9.59 Å². The van der Waals surface area contributed by atoms with Crippen LogP contribution < -0.4 is 15.0 Å². The summed E-state index contributed by atoms with van der Waals surface area (Å²) in [6, 6.07) is 16.9. The average molecular weight is 376 g/mol. The van der Waals surface area contributed by atoms with Gasteiger partial charge in [0.2, 0.25) is 11.8 Å². The molecular weight excluding hydrogens is 352 g/mol. The molecule has 5 nitrogen and oxygen atoms in total. The molecule has 4 rings (SSSR count). The van der Waals surface area contributed by atoms with Gasteiger partial charge in [-0.25, -0.2) is 0 Å². The maximum absolute atomic E-state index is 13.3. The molecular formula is C23H24N2O3. The number of allylic oxidation sites excluding steroid dienone is 2. The van der Waals surface area contributed by atoms with Gasteiger partial charge in [0, 0.05) is 17.9 Å². The largest absolute Gasteiger partial charge is 0.497 e. The molecule has 28 heavy (non-hydrogen) atoms. The third-order valence-electron chi connectivity index (χ3n) is 5.67. The lowest BCUT2D eigenvalue weighted by molar-refractivity contribution is -0.133. The van der Waals surface area contributed by atoms with E-state index in [1.165, 1.54) is 0 Å². The van der Waals surface area contributed by atoms with Gasteiger partial charge in [-0.15, -0.1) is 0 Å². The Balaban J connectivity index is 1.54. The maximum atomic E-state index is 13.3. The molecule has 144 valence electrons. The van der Waals surface area contributed by atoms with Crippen molar-refractivity contribution in [2.24, 2.45) is 17.8 Å². The highest BCUT2D eigenvalue weighted by Crippen LogP contribution is 2.39. The molecule has 2 aromatic carbocycles. The summed E-state index contributed by atoms with van der Waals surface area (Å²) in [5.74, 6) is 0.107. The quantitative estimate of drug-likeness (QED) is 0.824. The first-order chi connectivity index (χ1) is 13.7. The predicted octanol–water partition coefficient (Wildman–Crippen LogP) is 3.88. The summed E-state index contributed by atoms with van der Waals surface area (Å²) in [7, 11) is 1.61. The van der Waals surface area contributed by atoms with Gasteiger partial charge in [-0.3, -0.25) is 9.59 Å². The highest BCUT2D eigenvalue weighted by Gasteiger charge is 2.44. The van der Waals surface area contributed by atoms with Gasteiger partial charge in [-0.1, -0.05) is 30.4 Å². The van der Waals surface area contributed by atoms with Gasteiger partial charge in [0.1, 0.15) is 5.75 Å². The Morgan fingerprint density at radius 1 is 1.11 bits per heavy atom. The standard InChI is InChI=1S/C23H24N2O3/c1-28-19-12-10-17(11-13-19)24-22(26)20-9-5-6-16-14-15-25(23(27)21(16)20)18-7-3-2-4-8-18/h2-8,10-13,16,20-21H,9,14-15H2,1H3,(H,24,26). The highest BCUT2D eigenvalue weighted by atomic mass is 16.5. The van der Waals surface area contributed by atoms with Crippen LogP contribution in [0.1, 0.15) is 12.8 Å². The first-order valence-electron chi connectivity index (χ1n) is 9.65. The number of benzene rings is 2.